The van der Waals surface area contributed by atoms with E-state index in [-0.39, 0.29) is 12.2 Å². The van der Waals surface area contributed by atoms with Gasteiger partial charge in [-0.3, -0.25) is 4.79 Å². The third-order valence-electron chi connectivity index (χ3n) is 2.32. The normalized spacial score (nSPS) is 11.4. The van der Waals surface area contributed by atoms with Crippen LogP contribution in [0.15, 0.2) is 18.2 Å². The third kappa shape index (κ3) is 5.36. The number of carbonyl (C=O) groups is 1. The second-order valence-electron chi connectivity index (χ2n) is 3.91. The molecule has 0 unspecified atom stereocenters. The lowest BCUT2D eigenvalue weighted by Gasteiger charge is -2.12. The van der Waals surface area contributed by atoms with Gasteiger partial charge in [-0.25, -0.2) is 0 Å². The predicted molar refractivity (Wildman–Crippen MR) is 69.8 cm³/mol. The SMILES string of the molecule is COCCNCC(=O)Nc1ccc(Cl)c(C(F)(F)F)c1. The van der Waals surface area contributed by atoms with Gasteiger partial charge in [0, 0.05) is 19.3 Å². The van der Waals surface area contributed by atoms with E-state index >= 15 is 0 Å². The first kappa shape index (κ1) is 16.7. The van der Waals surface area contributed by atoms with E-state index in [9.17, 15) is 18.0 Å². The summed E-state index contributed by atoms with van der Waals surface area (Å²) >= 11 is 5.48. The standard InChI is InChI=1S/C12H14ClF3N2O2/c1-20-5-4-17-7-11(19)18-8-2-3-10(13)9(6-8)12(14,15)16/h2-3,6,17H,4-5,7H2,1H3,(H,18,19). The number of methoxy groups -OCH3 is 1. The van der Waals surface area contributed by atoms with E-state index in [1.54, 1.807) is 0 Å². The van der Waals surface area contributed by atoms with Crippen LogP contribution in [0.4, 0.5) is 18.9 Å². The molecule has 1 amide bonds. The van der Waals surface area contributed by atoms with Crippen LogP contribution < -0.4 is 10.6 Å². The van der Waals surface area contributed by atoms with E-state index in [2.05, 4.69) is 10.6 Å². The molecule has 8 heteroatoms. The molecule has 1 aromatic rings. The Morgan fingerprint density at radius 3 is 2.70 bits per heavy atom. The number of hydrogen-bond acceptors (Lipinski definition) is 3. The second-order valence-corrected chi connectivity index (χ2v) is 4.32. The second kappa shape index (κ2) is 7.47. The van der Waals surface area contributed by atoms with E-state index in [1.165, 1.54) is 13.2 Å². The summed E-state index contributed by atoms with van der Waals surface area (Å²) < 4.78 is 42.7. The van der Waals surface area contributed by atoms with E-state index in [1.807, 2.05) is 0 Å². The summed E-state index contributed by atoms with van der Waals surface area (Å²) in [5, 5.41) is 4.73. The summed E-state index contributed by atoms with van der Waals surface area (Å²) in [7, 11) is 1.52. The van der Waals surface area contributed by atoms with Gasteiger partial charge in [0.1, 0.15) is 0 Å². The number of benzene rings is 1. The summed E-state index contributed by atoms with van der Waals surface area (Å²) in [4.78, 5) is 11.5. The Hall–Kier alpha value is -1.31. The monoisotopic (exact) mass is 310 g/mol. The molecule has 0 fully saturated rings. The van der Waals surface area contributed by atoms with Gasteiger partial charge in [-0.05, 0) is 18.2 Å². The predicted octanol–water partition coefficient (Wildman–Crippen LogP) is 2.53. The van der Waals surface area contributed by atoms with Gasteiger partial charge in [0.2, 0.25) is 5.91 Å². The number of alkyl halides is 3. The smallest absolute Gasteiger partial charge is 0.383 e. The van der Waals surface area contributed by atoms with Crippen molar-refractivity contribution in [3.63, 3.8) is 0 Å². The van der Waals surface area contributed by atoms with E-state index < -0.39 is 22.7 Å². The number of rotatable bonds is 6. The number of nitrogens with one attached hydrogen (secondary N) is 2. The number of ether oxygens (including phenoxy) is 1. The molecule has 20 heavy (non-hydrogen) atoms. The summed E-state index contributed by atoms with van der Waals surface area (Å²) in [5.74, 6) is -0.448. The van der Waals surface area contributed by atoms with E-state index in [0.29, 0.717) is 13.2 Å². The fourth-order valence-corrected chi connectivity index (χ4v) is 1.63. The molecule has 0 spiro atoms. The zero-order valence-electron chi connectivity index (χ0n) is 10.7. The summed E-state index contributed by atoms with van der Waals surface area (Å²) in [5.41, 5.74) is -0.940. The lowest BCUT2D eigenvalue weighted by Crippen LogP contribution is -2.30. The fourth-order valence-electron chi connectivity index (χ4n) is 1.40. The first-order valence-electron chi connectivity index (χ1n) is 5.71. The van der Waals surface area contributed by atoms with Gasteiger partial charge in [0.05, 0.1) is 23.7 Å². The van der Waals surface area contributed by atoms with Gasteiger partial charge in [0.15, 0.2) is 0 Å². The minimum Gasteiger partial charge on any atom is -0.383 e. The van der Waals surface area contributed by atoms with Crippen molar-refractivity contribution in [2.24, 2.45) is 0 Å². The highest BCUT2D eigenvalue weighted by atomic mass is 35.5. The van der Waals surface area contributed by atoms with Crippen LogP contribution in [0.5, 0.6) is 0 Å². The number of halogens is 4. The van der Waals surface area contributed by atoms with Crippen molar-refractivity contribution < 1.29 is 22.7 Å². The molecule has 0 atom stereocenters. The van der Waals surface area contributed by atoms with Crippen molar-refractivity contribution in [3.8, 4) is 0 Å². The molecule has 1 aromatic carbocycles. The molecule has 0 heterocycles. The fraction of sp³-hybridized carbons (Fsp3) is 0.417. The van der Waals surface area contributed by atoms with Crippen LogP contribution >= 0.6 is 11.6 Å². The Morgan fingerprint density at radius 1 is 1.40 bits per heavy atom. The Balaban J connectivity index is 2.62. The molecule has 112 valence electrons. The van der Waals surface area contributed by atoms with Gasteiger partial charge in [-0.1, -0.05) is 11.6 Å². The lowest BCUT2D eigenvalue weighted by molar-refractivity contribution is -0.137. The van der Waals surface area contributed by atoms with Crippen molar-refractivity contribution in [1.29, 1.82) is 0 Å². The number of anilines is 1. The molecule has 0 aliphatic heterocycles. The van der Waals surface area contributed by atoms with E-state index in [0.717, 1.165) is 12.1 Å². The summed E-state index contributed by atoms with van der Waals surface area (Å²) in [6, 6.07) is 3.21. The molecular weight excluding hydrogens is 297 g/mol. The van der Waals surface area contributed by atoms with Crippen LogP contribution in [-0.2, 0) is 15.7 Å². The first-order valence-corrected chi connectivity index (χ1v) is 6.08. The molecule has 2 N–H and O–H groups in total. The van der Waals surface area contributed by atoms with Gasteiger partial charge >= 0.3 is 6.18 Å². The maximum atomic E-state index is 12.6. The highest BCUT2D eigenvalue weighted by Gasteiger charge is 2.33. The Kier molecular flexibility index (Phi) is 6.25. The first-order chi connectivity index (χ1) is 9.34. The average molecular weight is 311 g/mol. The number of hydrogen-bond donors (Lipinski definition) is 2. The average Bonchev–Trinajstić information content (AvgIpc) is 2.36. The van der Waals surface area contributed by atoms with Crippen LogP contribution in [-0.4, -0.2) is 32.7 Å². The summed E-state index contributed by atoms with van der Waals surface area (Å²) in [6.45, 7) is 0.887. The quantitative estimate of drug-likeness (QED) is 0.794. The zero-order valence-corrected chi connectivity index (χ0v) is 11.4. The van der Waals surface area contributed by atoms with Crippen LogP contribution in [0.25, 0.3) is 0 Å². The van der Waals surface area contributed by atoms with Crippen molar-refractivity contribution in [2.45, 2.75) is 6.18 Å². The van der Waals surface area contributed by atoms with Crippen LogP contribution in [0.3, 0.4) is 0 Å². The molecule has 0 aliphatic carbocycles. The topological polar surface area (TPSA) is 50.4 Å². The van der Waals surface area contributed by atoms with Crippen molar-refractivity contribution >= 4 is 23.2 Å². The Morgan fingerprint density at radius 2 is 2.10 bits per heavy atom. The van der Waals surface area contributed by atoms with Gasteiger partial charge < -0.3 is 15.4 Å². The highest BCUT2D eigenvalue weighted by Crippen LogP contribution is 2.36. The third-order valence-corrected chi connectivity index (χ3v) is 2.65. The minimum absolute atomic E-state index is 0.0205. The maximum absolute atomic E-state index is 12.6. The lowest BCUT2D eigenvalue weighted by atomic mass is 10.2. The molecule has 0 saturated carbocycles. The molecule has 4 nitrogen and oxygen atoms in total. The molecule has 0 aromatic heterocycles. The van der Waals surface area contributed by atoms with Crippen LogP contribution in [0, 0.1) is 0 Å². The van der Waals surface area contributed by atoms with Crippen molar-refractivity contribution in [3.05, 3.63) is 28.8 Å². The van der Waals surface area contributed by atoms with Crippen LogP contribution in [0.1, 0.15) is 5.56 Å². The van der Waals surface area contributed by atoms with Gasteiger partial charge in [0.25, 0.3) is 0 Å². The molecular formula is C12H14ClF3N2O2. The van der Waals surface area contributed by atoms with Gasteiger partial charge in [-0.2, -0.15) is 13.2 Å². The molecule has 0 radical (unpaired) electrons. The molecule has 1 rings (SSSR count). The Bertz CT molecular complexity index is 467. The van der Waals surface area contributed by atoms with Gasteiger partial charge in [-0.15, -0.1) is 0 Å². The largest absolute Gasteiger partial charge is 0.417 e. The Labute approximate surface area is 119 Å². The molecule has 0 saturated heterocycles. The highest BCUT2D eigenvalue weighted by molar-refractivity contribution is 6.31. The maximum Gasteiger partial charge on any atom is 0.417 e. The number of amides is 1. The van der Waals surface area contributed by atoms with E-state index in [4.69, 9.17) is 16.3 Å². The minimum atomic E-state index is -4.56. The summed E-state index contributed by atoms with van der Waals surface area (Å²) in [6.07, 6.45) is -4.56. The van der Waals surface area contributed by atoms with Crippen molar-refractivity contribution in [2.75, 3.05) is 32.1 Å². The zero-order chi connectivity index (χ0) is 15.2. The molecule has 0 bridgehead atoms. The molecule has 0 aliphatic rings. The van der Waals surface area contributed by atoms with Crippen molar-refractivity contribution in [1.82, 2.24) is 5.32 Å². The number of carbonyl (C=O) groups excluding carboxylic acids is 1. The van der Waals surface area contributed by atoms with Crippen LogP contribution in [0.2, 0.25) is 5.02 Å².